The normalized spacial score (nSPS) is 14.5. The molecular formula is C21H21N5O2. The number of aromatic nitrogens is 3. The van der Waals surface area contributed by atoms with Crippen molar-refractivity contribution in [3.05, 3.63) is 34.6 Å². The Bertz CT molecular complexity index is 1120. The van der Waals surface area contributed by atoms with E-state index in [-0.39, 0.29) is 5.78 Å². The minimum atomic E-state index is 0.259. The molecule has 142 valence electrons. The standard InChI is InChI=1S/C21H21N5O2/c1-4-14-9-15(11-22)19-17(10-14)12(2)18(21-23-13(3)25-28-21)20(24-19)26-7-5-16(27)6-8-26/h9-10H,4-8H2,1-3H3. The number of carbonyl (C=O) groups is 1. The Balaban J connectivity index is 2.02. The van der Waals surface area contributed by atoms with Gasteiger partial charge in [0.2, 0.25) is 0 Å². The van der Waals surface area contributed by atoms with Gasteiger partial charge in [-0.3, -0.25) is 4.79 Å². The van der Waals surface area contributed by atoms with Crippen LogP contribution in [0.1, 0.15) is 42.3 Å². The van der Waals surface area contributed by atoms with Gasteiger partial charge in [-0.2, -0.15) is 10.2 Å². The van der Waals surface area contributed by atoms with Crippen LogP contribution in [0.4, 0.5) is 5.82 Å². The summed E-state index contributed by atoms with van der Waals surface area (Å²) in [5, 5.41) is 14.5. The number of fused-ring (bicyclic) bond motifs is 1. The Morgan fingerprint density at radius 1 is 1.21 bits per heavy atom. The molecule has 0 atom stereocenters. The number of benzene rings is 1. The van der Waals surface area contributed by atoms with Gasteiger partial charge in [-0.05, 0) is 43.5 Å². The Morgan fingerprint density at radius 3 is 2.57 bits per heavy atom. The van der Waals surface area contributed by atoms with Crippen molar-refractivity contribution in [1.29, 1.82) is 5.26 Å². The second kappa shape index (κ2) is 7.04. The molecule has 0 unspecified atom stereocenters. The lowest BCUT2D eigenvalue weighted by molar-refractivity contribution is -0.119. The van der Waals surface area contributed by atoms with E-state index in [0.717, 1.165) is 28.5 Å². The number of nitriles is 1. The van der Waals surface area contributed by atoms with Crippen LogP contribution >= 0.6 is 0 Å². The number of rotatable bonds is 3. The van der Waals surface area contributed by atoms with E-state index in [2.05, 4.69) is 34.1 Å². The average Bonchev–Trinajstić information content (AvgIpc) is 3.13. The molecule has 1 aromatic carbocycles. The number of anilines is 1. The molecule has 0 amide bonds. The van der Waals surface area contributed by atoms with Gasteiger partial charge in [0.05, 0.1) is 16.6 Å². The van der Waals surface area contributed by atoms with Crippen LogP contribution in [-0.4, -0.2) is 34.0 Å². The van der Waals surface area contributed by atoms with Gasteiger partial charge in [0, 0.05) is 31.3 Å². The molecular weight excluding hydrogens is 354 g/mol. The molecule has 0 saturated carbocycles. The zero-order valence-electron chi connectivity index (χ0n) is 16.2. The number of Topliss-reactive ketones (excluding diaryl/α,β-unsaturated/α-hetero) is 1. The fourth-order valence-corrected chi connectivity index (χ4v) is 3.71. The maximum absolute atomic E-state index is 11.7. The van der Waals surface area contributed by atoms with Gasteiger partial charge in [-0.1, -0.05) is 12.1 Å². The van der Waals surface area contributed by atoms with Crippen LogP contribution < -0.4 is 4.90 Å². The Hall–Kier alpha value is -3.27. The summed E-state index contributed by atoms with van der Waals surface area (Å²) in [6.07, 6.45) is 1.80. The molecule has 3 heterocycles. The minimum Gasteiger partial charge on any atom is -0.355 e. The van der Waals surface area contributed by atoms with Crippen molar-refractivity contribution in [2.75, 3.05) is 18.0 Å². The minimum absolute atomic E-state index is 0.259. The molecule has 1 aliphatic rings. The first-order valence-corrected chi connectivity index (χ1v) is 9.46. The van der Waals surface area contributed by atoms with E-state index in [9.17, 15) is 10.1 Å². The van der Waals surface area contributed by atoms with Crippen LogP contribution in [0.25, 0.3) is 22.4 Å². The zero-order valence-corrected chi connectivity index (χ0v) is 16.2. The van der Waals surface area contributed by atoms with Crippen LogP contribution in [-0.2, 0) is 11.2 Å². The maximum Gasteiger partial charge on any atom is 0.261 e. The summed E-state index contributed by atoms with van der Waals surface area (Å²) >= 11 is 0. The molecule has 1 saturated heterocycles. The SMILES string of the molecule is CCc1cc(C#N)c2nc(N3CCC(=O)CC3)c(-c3nc(C)no3)c(C)c2c1. The highest BCUT2D eigenvalue weighted by molar-refractivity contribution is 5.96. The molecule has 7 nitrogen and oxygen atoms in total. The lowest BCUT2D eigenvalue weighted by Gasteiger charge is -2.29. The molecule has 1 fully saturated rings. The Labute approximate surface area is 163 Å². The number of hydrogen-bond acceptors (Lipinski definition) is 7. The van der Waals surface area contributed by atoms with Crippen molar-refractivity contribution in [3.8, 4) is 17.5 Å². The summed E-state index contributed by atoms with van der Waals surface area (Å²) in [6, 6.07) is 6.26. The quantitative estimate of drug-likeness (QED) is 0.691. The molecule has 28 heavy (non-hydrogen) atoms. The van der Waals surface area contributed by atoms with E-state index in [1.54, 1.807) is 6.92 Å². The summed E-state index contributed by atoms with van der Waals surface area (Å²) in [5.41, 5.74) is 4.04. The average molecular weight is 375 g/mol. The number of nitrogens with zero attached hydrogens (tertiary/aromatic N) is 5. The predicted molar refractivity (Wildman–Crippen MR) is 105 cm³/mol. The van der Waals surface area contributed by atoms with Gasteiger partial charge in [0.15, 0.2) is 5.82 Å². The number of pyridine rings is 1. The number of carbonyl (C=O) groups excluding carboxylic acids is 1. The molecule has 0 aliphatic carbocycles. The number of hydrogen-bond donors (Lipinski definition) is 0. The van der Waals surface area contributed by atoms with Gasteiger partial charge in [0.25, 0.3) is 5.89 Å². The van der Waals surface area contributed by atoms with Crippen LogP contribution in [0.15, 0.2) is 16.7 Å². The lowest BCUT2D eigenvalue weighted by Crippen LogP contribution is -2.34. The van der Waals surface area contributed by atoms with Crippen molar-refractivity contribution in [1.82, 2.24) is 15.1 Å². The first-order valence-electron chi connectivity index (χ1n) is 9.46. The number of aryl methyl sites for hydroxylation is 3. The summed E-state index contributed by atoms with van der Waals surface area (Å²) in [6.45, 7) is 7.02. The van der Waals surface area contributed by atoms with E-state index < -0.39 is 0 Å². The van der Waals surface area contributed by atoms with E-state index in [4.69, 9.17) is 9.51 Å². The van der Waals surface area contributed by atoms with Crippen molar-refractivity contribution in [3.63, 3.8) is 0 Å². The highest BCUT2D eigenvalue weighted by atomic mass is 16.5. The molecule has 0 radical (unpaired) electrons. The van der Waals surface area contributed by atoms with Crippen LogP contribution in [0.2, 0.25) is 0 Å². The first-order chi connectivity index (χ1) is 13.5. The van der Waals surface area contributed by atoms with E-state index in [0.29, 0.717) is 54.5 Å². The fraction of sp³-hybridized carbons (Fsp3) is 0.381. The molecule has 3 aromatic rings. The molecule has 1 aliphatic heterocycles. The summed E-state index contributed by atoms with van der Waals surface area (Å²) < 4.78 is 5.49. The third-order valence-electron chi connectivity index (χ3n) is 5.28. The van der Waals surface area contributed by atoms with E-state index in [1.807, 2.05) is 13.0 Å². The second-order valence-corrected chi connectivity index (χ2v) is 7.11. The number of ketones is 1. The van der Waals surface area contributed by atoms with Crippen molar-refractivity contribution in [2.45, 2.75) is 40.0 Å². The summed E-state index contributed by atoms with van der Waals surface area (Å²) in [4.78, 5) is 23.1. The lowest BCUT2D eigenvalue weighted by atomic mass is 9.97. The molecule has 7 heteroatoms. The van der Waals surface area contributed by atoms with Gasteiger partial charge >= 0.3 is 0 Å². The van der Waals surface area contributed by atoms with E-state index >= 15 is 0 Å². The van der Waals surface area contributed by atoms with Crippen LogP contribution in [0, 0.1) is 25.2 Å². The molecule has 0 N–H and O–H groups in total. The van der Waals surface area contributed by atoms with Crippen molar-refractivity contribution >= 4 is 22.5 Å². The van der Waals surface area contributed by atoms with Crippen molar-refractivity contribution < 1.29 is 9.32 Å². The molecule has 4 rings (SSSR count). The van der Waals surface area contributed by atoms with Gasteiger partial charge in [0.1, 0.15) is 17.7 Å². The monoisotopic (exact) mass is 375 g/mol. The van der Waals surface area contributed by atoms with Crippen molar-refractivity contribution in [2.24, 2.45) is 0 Å². The summed E-state index contributed by atoms with van der Waals surface area (Å²) in [7, 11) is 0. The topological polar surface area (TPSA) is 95.9 Å². The first kappa shape index (κ1) is 18.1. The predicted octanol–water partition coefficient (Wildman–Crippen LogP) is 3.51. The molecule has 0 spiro atoms. The van der Waals surface area contributed by atoms with E-state index in [1.165, 1.54) is 0 Å². The highest BCUT2D eigenvalue weighted by Crippen LogP contribution is 2.38. The maximum atomic E-state index is 11.7. The van der Waals surface area contributed by atoms with Gasteiger partial charge < -0.3 is 9.42 Å². The van der Waals surface area contributed by atoms with Crippen LogP contribution in [0.3, 0.4) is 0 Å². The number of piperidine rings is 1. The van der Waals surface area contributed by atoms with Gasteiger partial charge in [-0.25, -0.2) is 4.98 Å². The molecule has 0 bridgehead atoms. The smallest absolute Gasteiger partial charge is 0.261 e. The zero-order chi connectivity index (χ0) is 19.8. The van der Waals surface area contributed by atoms with Crippen LogP contribution in [0.5, 0.6) is 0 Å². The largest absolute Gasteiger partial charge is 0.355 e. The fourth-order valence-electron chi connectivity index (χ4n) is 3.71. The summed E-state index contributed by atoms with van der Waals surface area (Å²) in [5.74, 6) is 1.92. The second-order valence-electron chi connectivity index (χ2n) is 7.11. The Kier molecular flexibility index (Phi) is 4.55. The Morgan fingerprint density at radius 2 is 1.96 bits per heavy atom. The highest BCUT2D eigenvalue weighted by Gasteiger charge is 2.26. The van der Waals surface area contributed by atoms with Gasteiger partial charge in [-0.15, -0.1) is 0 Å². The third kappa shape index (κ3) is 3.01. The molecule has 2 aromatic heterocycles. The third-order valence-corrected chi connectivity index (χ3v) is 5.28.